The van der Waals surface area contributed by atoms with Crippen molar-refractivity contribution in [1.29, 1.82) is 0 Å². The normalized spacial score (nSPS) is 12.4. The fourth-order valence-electron chi connectivity index (χ4n) is 1.84. The second-order valence-corrected chi connectivity index (χ2v) is 4.05. The largest absolute Gasteiger partial charge is 0.264 e. The zero-order valence-corrected chi connectivity index (χ0v) is 9.85. The highest BCUT2D eigenvalue weighted by Gasteiger charge is 2.12. The standard InChI is InChI=1S/C13H13ClN2/c1-2-12(10-4-3-7-15-8-10)11-5-6-13(14)16-9-11/h3-9,12H,2H2,1H3. The molecule has 1 unspecified atom stereocenters. The fourth-order valence-corrected chi connectivity index (χ4v) is 1.95. The third kappa shape index (κ3) is 2.39. The Bertz CT molecular complexity index is 439. The smallest absolute Gasteiger partial charge is 0.129 e. The lowest BCUT2D eigenvalue weighted by atomic mass is 9.91. The number of hydrogen-bond acceptors (Lipinski definition) is 2. The predicted octanol–water partition coefficient (Wildman–Crippen LogP) is 3.67. The van der Waals surface area contributed by atoms with Gasteiger partial charge in [0, 0.05) is 24.5 Å². The van der Waals surface area contributed by atoms with Gasteiger partial charge in [0.15, 0.2) is 0 Å². The summed E-state index contributed by atoms with van der Waals surface area (Å²) in [6.07, 6.45) is 6.55. The highest BCUT2D eigenvalue weighted by atomic mass is 35.5. The van der Waals surface area contributed by atoms with Gasteiger partial charge >= 0.3 is 0 Å². The molecule has 0 spiro atoms. The lowest BCUT2D eigenvalue weighted by Crippen LogP contribution is -2.00. The molecule has 82 valence electrons. The van der Waals surface area contributed by atoms with Gasteiger partial charge < -0.3 is 0 Å². The average molecular weight is 233 g/mol. The zero-order chi connectivity index (χ0) is 11.4. The monoisotopic (exact) mass is 232 g/mol. The van der Waals surface area contributed by atoms with Crippen LogP contribution in [0.1, 0.15) is 30.4 Å². The molecule has 0 aliphatic heterocycles. The van der Waals surface area contributed by atoms with Crippen LogP contribution in [0.2, 0.25) is 5.15 Å². The van der Waals surface area contributed by atoms with E-state index in [1.54, 1.807) is 6.20 Å². The van der Waals surface area contributed by atoms with Crippen LogP contribution in [0.3, 0.4) is 0 Å². The number of halogens is 1. The van der Waals surface area contributed by atoms with Gasteiger partial charge in [0.05, 0.1) is 0 Å². The van der Waals surface area contributed by atoms with Gasteiger partial charge in [-0.3, -0.25) is 4.98 Å². The Balaban J connectivity index is 2.33. The maximum atomic E-state index is 5.78. The Labute approximate surface area is 100 Å². The molecule has 0 N–H and O–H groups in total. The van der Waals surface area contributed by atoms with Crippen molar-refractivity contribution in [3.05, 3.63) is 59.1 Å². The fraction of sp³-hybridized carbons (Fsp3) is 0.231. The van der Waals surface area contributed by atoms with Crippen LogP contribution in [0.4, 0.5) is 0 Å². The van der Waals surface area contributed by atoms with Crippen molar-refractivity contribution in [3.8, 4) is 0 Å². The van der Waals surface area contributed by atoms with Gasteiger partial charge in [-0.2, -0.15) is 0 Å². The van der Waals surface area contributed by atoms with Gasteiger partial charge in [0.25, 0.3) is 0 Å². The third-order valence-electron chi connectivity index (χ3n) is 2.65. The van der Waals surface area contributed by atoms with Crippen molar-refractivity contribution < 1.29 is 0 Å². The van der Waals surface area contributed by atoms with Gasteiger partial charge in [0.1, 0.15) is 5.15 Å². The van der Waals surface area contributed by atoms with Gasteiger partial charge in [-0.05, 0) is 29.7 Å². The molecule has 3 heteroatoms. The van der Waals surface area contributed by atoms with Crippen LogP contribution in [0.25, 0.3) is 0 Å². The van der Waals surface area contributed by atoms with Gasteiger partial charge in [-0.15, -0.1) is 0 Å². The lowest BCUT2D eigenvalue weighted by molar-refractivity contribution is 0.768. The molecule has 0 aliphatic carbocycles. The lowest BCUT2D eigenvalue weighted by Gasteiger charge is -2.14. The van der Waals surface area contributed by atoms with Crippen LogP contribution in [0.15, 0.2) is 42.9 Å². The molecular weight excluding hydrogens is 220 g/mol. The molecule has 0 bridgehead atoms. The van der Waals surface area contributed by atoms with Crippen LogP contribution >= 0.6 is 11.6 Å². The second kappa shape index (κ2) is 5.08. The van der Waals surface area contributed by atoms with Crippen molar-refractivity contribution in [3.63, 3.8) is 0 Å². The van der Waals surface area contributed by atoms with E-state index in [-0.39, 0.29) is 0 Å². The zero-order valence-electron chi connectivity index (χ0n) is 9.10. The molecule has 0 saturated carbocycles. The highest BCUT2D eigenvalue weighted by Crippen LogP contribution is 2.26. The number of nitrogens with zero attached hydrogens (tertiary/aromatic N) is 2. The summed E-state index contributed by atoms with van der Waals surface area (Å²) in [5.74, 6) is 0.346. The summed E-state index contributed by atoms with van der Waals surface area (Å²) in [6, 6.07) is 7.91. The SMILES string of the molecule is CCC(c1cccnc1)c1ccc(Cl)nc1. The maximum Gasteiger partial charge on any atom is 0.129 e. The molecule has 2 nitrogen and oxygen atoms in total. The molecule has 1 atom stereocenters. The first-order valence-electron chi connectivity index (χ1n) is 5.32. The summed E-state index contributed by atoms with van der Waals surface area (Å²) in [7, 11) is 0. The summed E-state index contributed by atoms with van der Waals surface area (Å²) in [5.41, 5.74) is 2.40. The van der Waals surface area contributed by atoms with E-state index in [2.05, 4.69) is 23.0 Å². The summed E-state index contributed by atoms with van der Waals surface area (Å²) >= 11 is 5.78. The summed E-state index contributed by atoms with van der Waals surface area (Å²) in [5, 5.41) is 0.532. The molecule has 16 heavy (non-hydrogen) atoms. The van der Waals surface area contributed by atoms with E-state index < -0.39 is 0 Å². The van der Waals surface area contributed by atoms with Crippen molar-refractivity contribution in [2.75, 3.05) is 0 Å². The van der Waals surface area contributed by atoms with Crippen LogP contribution in [-0.2, 0) is 0 Å². The Kier molecular flexibility index (Phi) is 3.52. The first-order valence-corrected chi connectivity index (χ1v) is 5.70. The molecule has 0 fully saturated rings. The van der Waals surface area contributed by atoms with Crippen LogP contribution in [-0.4, -0.2) is 9.97 Å². The summed E-state index contributed by atoms with van der Waals surface area (Å²) in [4.78, 5) is 8.27. The van der Waals surface area contributed by atoms with E-state index in [0.717, 1.165) is 6.42 Å². The van der Waals surface area contributed by atoms with Gasteiger partial charge in [0.2, 0.25) is 0 Å². The Morgan fingerprint density at radius 1 is 1.19 bits per heavy atom. The average Bonchev–Trinajstić information content (AvgIpc) is 2.34. The van der Waals surface area contributed by atoms with Crippen LogP contribution in [0.5, 0.6) is 0 Å². The molecule has 0 aromatic carbocycles. The van der Waals surface area contributed by atoms with Crippen molar-refractivity contribution in [2.24, 2.45) is 0 Å². The molecular formula is C13H13ClN2. The molecule has 0 aliphatic rings. The molecule has 2 heterocycles. The highest BCUT2D eigenvalue weighted by molar-refractivity contribution is 6.29. The van der Waals surface area contributed by atoms with Crippen molar-refractivity contribution in [1.82, 2.24) is 9.97 Å². The molecule has 0 amide bonds. The molecule has 2 aromatic heterocycles. The van der Waals surface area contributed by atoms with Crippen molar-refractivity contribution >= 4 is 11.6 Å². The topological polar surface area (TPSA) is 25.8 Å². The van der Waals surface area contributed by atoms with Crippen LogP contribution in [0, 0.1) is 0 Å². The van der Waals surface area contributed by atoms with Gasteiger partial charge in [-0.25, -0.2) is 4.98 Å². The predicted molar refractivity (Wildman–Crippen MR) is 65.6 cm³/mol. The van der Waals surface area contributed by atoms with E-state index >= 15 is 0 Å². The minimum atomic E-state index is 0.346. The minimum absolute atomic E-state index is 0.346. The maximum absolute atomic E-state index is 5.78. The van der Waals surface area contributed by atoms with E-state index in [1.165, 1.54) is 11.1 Å². The van der Waals surface area contributed by atoms with E-state index in [1.807, 2.05) is 30.6 Å². The van der Waals surface area contributed by atoms with Crippen LogP contribution < -0.4 is 0 Å². The number of rotatable bonds is 3. The molecule has 0 radical (unpaired) electrons. The minimum Gasteiger partial charge on any atom is -0.264 e. The number of aromatic nitrogens is 2. The molecule has 2 rings (SSSR count). The van der Waals surface area contributed by atoms with Gasteiger partial charge in [-0.1, -0.05) is 30.7 Å². The number of hydrogen-bond donors (Lipinski definition) is 0. The quantitative estimate of drug-likeness (QED) is 0.755. The summed E-state index contributed by atoms with van der Waals surface area (Å²) < 4.78 is 0. The Morgan fingerprint density at radius 2 is 2.00 bits per heavy atom. The van der Waals surface area contributed by atoms with E-state index in [9.17, 15) is 0 Å². The third-order valence-corrected chi connectivity index (χ3v) is 2.87. The first-order chi connectivity index (χ1) is 7.81. The molecule has 0 saturated heterocycles. The Hall–Kier alpha value is -1.41. The van der Waals surface area contributed by atoms with E-state index in [4.69, 9.17) is 11.6 Å². The van der Waals surface area contributed by atoms with Crippen molar-refractivity contribution in [2.45, 2.75) is 19.3 Å². The Morgan fingerprint density at radius 3 is 2.56 bits per heavy atom. The first kappa shape index (κ1) is 11.1. The summed E-state index contributed by atoms with van der Waals surface area (Å²) in [6.45, 7) is 2.16. The van der Waals surface area contributed by atoms with E-state index in [0.29, 0.717) is 11.1 Å². The molecule has 2 aromatic rings. The number of pyridine rings is 2. The second-order valence-electron chi connectivity index (χ2n) is 3.66.